The van der Waals surface area contributed by atoms with Gasteiger partial charge in [0, 0.05) is 5.39 Å². The third kappa shape index (κ3) is 2.70. The molecule has 1 unspecified atom stereocenters. The van der Waals surface area contributed by atoms with E-state index in [9.17, 15) is 0 Å². The molecule has 1 N–H and O–H groups in total. The molecule has 1 aliphatic rings. The maximum absolute atomic E-state index is 6.12. The summed E-state index contributed by atoms with van der Waals surface area (Å²) < 4.78 is 7.14. The number of nitrogens with one attached hydrogen (secondary N) is 1. The fraction of sp³-hybridized carbons (Fsp3) is 0.412. The highest BCUT2D eigenvalue weighted by Crippen LogP contribution is 2.35. The third-order valence-corrected chi connectivity index (χ3v) is 4.53. The standard InChI is InChI=1S/C17H20BrNO/c1-2-19-16(12-7-4-3-5-8-12)15-11-13-9-6-10-14(18)17(13)20-15/h6-7,9-11,16,19H,2-5,8H2,1H3. The molecule has 1 atom stereocenters. The molecule has 0 amide bonds. The van der Waals surface area contributed by atoms with Crippen LogP contribution in [0, 0.1) is 0 Å². The Balaban J connectivity index is 2.00. The zero-order chi connectivity index (χ0) is 13.9. The highest BCUT2D eigenvalue weighted by molar-refractivity contribution is 9.10. The number of hydrogen-bond acceptors (Lipinski definition) is 2. The van der Waals surface area contributed by atoms with Crippen LogP contribution in [0.1, 0.15) is 44.4 Å². The Morgan fingerprint density at radius 2 is 2.25 bits per heavy atom. The van der Waals surface area contributed by atoms with E-state index in [1.165, 1.54) is 31.3 Å². The molecule has 2 nitrogen and oxygen atoms in total. The summed E-state index contributed by atoms with van der Waals surface area (Å²) in [6, 6.07) is 8.57. The molecule has 3 heteroatoms. The van der Waals surface area contributed by atoms with Crippen LogP contribution in [0.15, 0.2) is 44.8 Å². The lowest BCUT2D eigenvalue weighted by Crippen LogP contribution is -2.23. The number of hydrogen-bond donors (Lipinski definition) is 1. The Bertz CT molecular complexity index is 629. The fourth-order valence-corrected chi connectivity index (χ4v) is 3.40. The van der Waals surface area contributed by atoms with Crippen LogP contribution < -0.4 is 5.32 Å². The number of likely N-dealkylation sites (N-methyl/N-ethyl adjacent to an activating group) is 1. The van der Waals surface area contributed by atoms with Gasteiger partial charge in [-0.25, -0.2) is 0 Å². The van der Waals surface area contributed by atoms with Gasteiger partial charge in [-0.15, -0.1) is 0 Å². The van der Waals surface area contributed by atoms with E-state index in [-0.39, 0.29) is 6.04 Å². The predicted octanol–water partition coefficient (Wildman–Crippen LogP) is 5.35. The van der Waals surface area contributed by atoms with Crippen LogP contribution >= 0.6 is 15.9 Å². The highest BCUT2D eigenvalue weighted by atomic mass is 79.9. The van der Waals surface area contributed by atoms with Crippen molar-refractivity contribution in [1.82, 2.24) is 5.32 Å². The molecular formula is C17H20BrNO. The first-order valence-corrected chi connectivity index (χ1v) is 8.19. The van der Waals surface area contributed by atoms with E-state index in [4.69, 9.17) is 4.42 Å². The summed E-state index contributed by atoms with van der Waals surface area (Å²) >= 11 is 3.57. The Morgan fingerprint density at radius 3 is 2.95 bits per heavy atom. The van der Waals surface area contributed by atoms with Crippen LogP contribution in [0.4, 0.5) is 0 Å². The van der Waals surface area contributed by atoms with Gasteiger partial charge in [0.1, 0.15) is 11.3 Å². The van der Waals surface area contributed by atoms with Crippen LogP contribution in [0.3, 0.4) is 0 Å². The van der Waals surface area contributed by atoms with Gasteiger partial charge in [0.2, 0.25) is 0 Å². The van der Waals surface area contributed by atoms with Crippen molar-refractivity contribution in [1.29, 1.82) is 0 Å². The molecule has 0 radical (unpaired) electrons. The molecule has 106 valence electrons. The van der Waals surface area contributed by atoms with E-state index < -0.39 is 0 Å². The van der Waals surface area contributed by atoms with E-state index in [0.717, 1.165) is 27.7 Å². The molecule has 3 rings (SSSR count). The van der Waals surface area contributed by atoms with E-state index in [0.29, 0.717) is 0 Å². The molecule has 1 aliphatic carbocycles. The molecule has 0 saturated heterocycles. The average Bonchev–Trinajstić information content (AvgIpc) is 2.91. The Hall–Kier alpha value is -1.06. The number of benzene rings is 1. The van der Waals surface area contributed by atoms with Crippen molar-refractivity contribution in [2.75, 3.05) is 6.54 Å². The summed E-state index contributed by atoms with van der Waals surface area (Å²) in [5.41, 5.74) is 2.43. The van der Waals surface area contributed by atoms with Crippen molar-refractivity contribution in [2.24, 2.45) is 0 Å². The minimum atomic E-state index is 0.222. The second-order valence-electron chi connectivity index (χ2n) is 5.32. The lowest BCUT2D eigenvalue weighted by Gasteiger charge is -2.22. The van der Waals surface area contributed by atoms with Crippen LogP contribution in [-0.2, 0) is 0 Å². The number of fused-ring (bicyclic) bond motifs is 1. The third-order valence-electron chi connectivity index (χ3n) is 3.90. The number of furan rings is 1. The van der Waals surface area contributed by atoms with Gasteiger partial charge in [-0.05, 0) is 65.9 Å². The monoisotopic (exact) mass is 333 g/mol. The molecule has 0 fully saturated rings. The molecule has 0 spiro atoms. The zero-order valence-electron chi connectivity index (χ0n) is 11.8. The Labute approximate surface area is 128 Å². The average molecular weight is 334 g/mol. The lowest BCUT2D eigenvalue weighted by atomic mass is 9.92. The highest BCUT2D eigenvalue weighted by Gasteiger charge is 2.21. The molecule has 0 aliphatic heterocycles. The van der Waals surface area contributed by atoms with Gasteiger partial charge in [0.15, 0.2) is 0 Å². The van der Waals surface area contributed by atoms with Crippen LogP contribution in [0.5, 0.6) is 0 Å². The second kappa shape index (κ2) is 6.15. The largest absolute Gasteiger partial charge is 0.458 e. The minimum Gasteiger partial charge on any atom is -0.458 e. The molecule has 20 heavy (non-hydrogen) atoms. The predicted molar refractivity (Wildman–Crippen MR) is 86.9 cm³/mol. The molecule has 1 aromatic carbocycles. The van der Waals surface area contributed by atoms with E-state index in [1.807, 2.05) is 12.1 Å². The van der Waals surface area contributed by atoms with Gasteiger partial charge in [-0.3, -0.25) is 0 Å². The molecule has 1 aromatic heterocycles. The molecule has 0 bridgehead atoms. The van der Waals surface area contributed by atoms with Gasteiger partial charge in [0.05, 0.1) is 10.5 Å². The minimum absolute atomic E-state index is 0.222. The van der Waals surface area contributed by atoms with Crippen molar-refractivity contribution in [3.8, 4) is 0 Å². The van der Waals surface area contributed by atoms with Gasteiger partial charge >= 0.3 is 0 Å². The number of rotatable bonds is 4. The molecule has 1 heterocycles. The topological polar surface area (TPSA) is 25.2 Å². The van der Waals surface area contributed by atoms with E-state index >= 15 is 0 Å². The first kappa shape index (κ1) is 13.9. The number of halogens is 1. The van der Waals surface area contributed by atoms with Crippen LogP contribution in [0.25, 0.3) is 11.0 Å². The van der Waals surface area contributed by atoms with Gasteiger partial charge in [-0.1, -0.05) is 25.1 Å². The zero-order valence-corrected chi connectivity index (χ0v) is 13.4. The Kier molecular flexibility index (Phi) is 4.27. The fourth-order valence-electron chi connectivity index (χ4n) is 2.93. The summed E-state index contributed by atoms with van der Waals surface area (Å²) in [6.45, 7) is 3.09. The second-order valence-corrected chi connectivity index (χ2v) is 6.18. The number of para-hydroxylation sites is 1. The van der Waals surface area contributed by atoms with Crippen LogP contribution in [-0.4, -0.2) is 6.54 Å². The maximum atomic E-state index is 6.12. The summed E-state index contributed by atoms with van der Waals surface area (Å²) in [6.07, 6.45) is 7.36. The van der Waals surface area contributed by atoms with E-state index in [2.05, 4.69) is 46.4 Å². The molecule has 0 saturated carbocycles. The van der Waals surface area contributed by atoms with Crippen molar-refractivity contribution >= 4 is 26.9 Å². The normalized spacial score (nSPS) is 17.2. The number of allylic oxidation sites excluding steroid dienone is 1. The maximum Gasteiger partial charge on any atom is 0.148 e. The molecule has 2 aromatic rings. The first-order valence-electron chi connectivity index (χ1n) is 7.40. The lowest BCUT2D eigenvalue weighted by molar-refractivity contribution is 0.456. The van der Waals surface area contributed by atoms with Crippen LogP contribution in [0.2, 0.25) is 0 Å². The van der Waals surface area contributed by atoms with Crippen molar-refractivity contribution < 1.29 is 4.42 Å². The van der Waals surface area contributed by atoms with Crippen molar-refractivity contribution in [3.05, 3.63) is 46.1 Å². The summed E-state index contributed by atoms with van der Waals surface area (Å²) in [4.78, 5) is 0. The first-order chi connectivity index (χ1) is 9.79. The smallest absolute Gasteiger partial charge is 0.148 e. The van der Waals surface area contributed by atoms with Crippen molar-refractivity contribution in [2.45, 2.75) is 38.6 Å². The quantitative estimate of drug-likeness (QED) is 0.763. The summed E-state index contributed by atoms with van der Waals surface area (Å²) in [5, 5.41) is 4.73. The van der Waals surface area contributed by atoms with Crippen molar-refractivity contribution in [3.63, 3.8) is 0 Å². The SMILES string of the molecule is CCNC(C1=CCCCC1)c1cc2cccc(Br)c2o1. The van der Waals surface area contributed by atoms with Gasteiger partial charge in [-0.2, -0.15) is 0 Å². The molecular weight excluding hydrogens is 314 g/mol. The van der Waals surface area contributed by atoms with Gasteiger partial charge in [0.25, 0.3) is 0 Å². The Morgan fingerprint density at radius 1 is 1.35 bits per heavy atom. The van der Waals surface area contributed by atoms with Gasteiger partial charge < -0.3 is 9.73 Å². The van der Waals surface area contributed by atoms with E-state index in [1.54, 1.807) is 0 Å². The summed E-state index contributed by atoms with van der Waals surface area (Å²) in [5.74, 6) is 1.03. The summed E-state index contributed by atoms with van der Waals surface area (Å²) in [7, 11) is 0.